The highest BCUT2D eigenvalue weighted by Crippen LogP contribution is 2.36. The molecule has 2 fully saturated rings. The van der Waals surface area contributed by atoms with Gasteiger partial charge < -0.3 is 20.1 Å². The highest BCUT2D eigenvalue weighted by Gasteiger charge is 2.34. The first-order valence-corrected chi connectivity index (χ1v) is 8.55. The summed E-state index contributed by atoms with van der Waals surface area (Å²) >= 11 is 0. The number of hydrogen-bond donors (Lipinski definition) is 3. The molecule has 0 radical (unpaired) electrons. The number of nitrogens with one attached hydrogen (secondary N) is 3. The van der Waals surface area contributed by atoms with Crippen molar-refractivity contribution in [3.63, 3.8) is 0 Å². The monoisotopic (exact) mass is 324 g/mol. The zero-order chi connectivity index (χ0) is 16.1. The average Bonchev–Trinajstić information content (AvgIpc) is 3.28. The average molecular weight is 324 g/mol. The molecule has 0 aliphatic carbocycles. The number of nitrogens with zero attached hydrogens (tertiary/aromatic N) is 3. The van der Waals surface area contributed by atoms with Gasteiger partial charge in [0.1, 0.15) is 5.65 Å². The summed E-state index contributed by atoms with van der Waals surface area (Å²) in [4.78, 5) is 12.1. The second kappa shape index (κ2) is 5.31. The third kappa shape index (κ3) is 2.27. The van der Waals surface area contributed by atoms with Gasteiger partial charge in [-0.05, 0) is 38.7 Å². The lowest BCUT2D eigenvalue weighted by atomic mass is 9.99. The van der Waals surface area contributed by atoms with E-state index < -0.39 is 0 Å². The molecule has 3 N–H and O–H groups in total. The molecule has 2 bridgehead atoms. The SMILES string of the molecule is Cc1noc(-c2cnc3[nH]ccc3c2N[C@@H]2C[C@H]3CC[C@@H](C2)N3)n1. The largest absolute Gasteiger partial charge is 0.381 e. The summed E-state index contributed by atoms with van der Waals surface area (Å²) in [6.07, 6.45) is 8.59. The molecule has 3 aromatic rings. The van der Waals surface area contributed by atoms with Crippen molar-refractivity contribution in [3.05, 3.63) is 24.3 Å². The number of aromatic amines is 1. The molecule has 5 heterocycles. The van der Waals surface area contributed by atoms with Crippen molar-refractivity contribution in [3.8, 4) is 11.5 Å². The molecule has 0 amide bonds. The fourth-order valence-corrected chi connectivity index (χ4v) is 4.11. The van der Waals surface area contributed by atoms with Crippen molar-refractivity contribution in [2.75, 3.05) is 5.32 Å². The van der Waals surface area contributed by atoms with Crippen LogP contribution in [0, 0.1) is 6.92 Å². The van der Waals surface area contributed by atoms with Crippen molar-refractivity contribution < 1.29 is 4.52 Å². The Morgan fingerprint density at radius 1 is 1.25 bits per heavy atom. The number of fused-ring (bicyclic) bond motifs is 3. The maximum absolute atomic E-state index is 5.40. The summed E-state index contributed by atoms with van der Waals surface area (Å²) in [5.74, 6) is 1.15. The summed E-state index contributed by atoms with van der Waals surface area (Å²) < 4.78 is 5.40. The molecule has 2 aliphatic rings. The lowest BCUT2D eigenvalue weighted by Gasteiger charge is -2.31. The number of aryl methyl sites for hydroxylation is 1. The van der Waals surface area contributed by atoms with Gasteiger partial charge in [-0.25, -0.2) is 4.98 Å². The van der Waals surface area contributed by atoms with E-state index in [-0.39, 0.29) is 0 Å². The van der Waals surface area contributed by atoms with Crippen molar-refractivity contribution in [1.29, 1.82) is 0 Å². The fourth-order valence-electron chi connectivity index (χ4n) is 4.11. The molecule has 7 heteroatoms. The van der Waals surface area contributed by atoms with E-state index in [9.17, 15) is 0 Å². The number of anilines is 1. The summed E-state index contributed by atoms with van der Waals surface area (Å²) in [7, 11) is 0. The van der Waals surface area contributed by atoms with Gasteiger partial charge in [0.25, 0.3) is 5.89 Å². The number of aromatic nitrogens is 4. The summed E-state index contributed by atoms with van der Waals surface area (Å²) in [5.41, 5.74) is 2.78. The van der Waals surface area contributed by atoms with E-state index in [2.05, 4.69) is 30.7 Å². The van der Waals surface area contributed by atoms with Crippen molar-refractivity contribution in [2.45, 2.75) is 50.7 Å². The van der Waals surface area contributed by atoms with E-state index in [0.29, 0.717) is 29.8 Å². The number of piperidine rings is 1. The van der Waals surface area contributed by atoms with Crippen molar-refractivity contribution in [1.82, 2.24) is 25.4 Å². The quantitative estimate of drug-likeness (QED) is 0.686. The van der Waals surface area contributed by atoms with Gasteiger partial charge in [0.15, 0.2) is 5.82 Å². The lowest BCUT2D eigenvalue weighted by Crippen LogP contribution is -2.43. The van der Waals surface area contributed by atoms with Gasteiger partial charge in [0.05, 0.1) is 11.3 Å². The van der Waals surface area contributed by atoms with E-state index in [0.717, 1.165) is 35.1 Å². The van der Waals surface area contributed by atoms with E-state index in [4.69, 9.17) is 4.52 Å². The summed E-state index contributed by atoms with van der Waals surface area (Å²) in [6, 6.07) is 3.78. The van der Waals surface area contributed by atoms with Gasteiger partial charge in [-0.15, -0.1) is 0 Å². The van der Waals surface area contributed by atoms with Crippen LogP contribution in [0.3, 0.4) is 0 Å². The molecule has 124 valence electrons. The molecule has 5 rings (SSSR count). The molecular formula is C17H20N6O. The third-order valence-corrected chi connectivity index (χ3v) is 5.17. The van der Waals surface area contributed by atoms with Crippen LogP contribution < -0.4 is 10.6 Å². The van der Waals surface area contributed by atoms with Crippen LogP contribution in [0.15, 0.2) is 23.0 Å². The van der Waals surface area contributed by atoms with Crippen molar-refractivity contribution >= 4 is 16.7 Å². The third-order valence-electron chi connectivity index (χ3n) is 5.17. The molecule has 0 unspecified atom stereocenters. The summed E-state index contributed by atoms with van der Waals surface area (Å²) in [6.45, 7) is 1.83. The van der Waals surface area contributed by atoms with E-state index in [1.54, 1.807) is 0 Å². The number of pyridine rings is 1. The standard InChI is InChI=1S/C17H20N6O/c1-9-20-17(24-23-9)14-8-19-16-13(4-5-18-16)15(14)22-12-6-10-2-3-11(7-12)21-10/h4-5,8,10-12,21H,2-3,6-7H2,1H3,(H2,18,19,22)/t10-,11+,12-. The van der Waals surface area contributed by atoms with Crippen LogP contribution >= 0.6 is 0 Å². The highest BCUT2D eigenvalue weighted by atomic mass is 16.5. The van der Waals surface area contributed by atoms with Gasteiger partial charge in [0.2, 0.25) is 0 Å². The van der Waals surface area contributed by atoms with Crippen LogP contribution in [-0.2, 0) is 0 Å². The Kier molecular flexibility index (Phi) is 3.09. The Hall–Kier alpha value is -2.41. The van der Waals surface area contributed by atoms with Gasteiger partial charge >= 0.3 is 0 Å². The Labute approximate surface area is 139 Å². The number of hydrogen-bond acceptors (Lipinski definition) is 6. The van der Waals surface area contributed by atoms with Crippen LogP contribution in [0.25, 0.3) is 22.5 Å². The minimum atomic E-state index is 0.451. The van der Waals surface area contributed by atoms with Gasteiger partial charge in [0, 0.05) is 35.9 Å². The van der Waals surface area contributed by atoms with Crippen LogP contribution in [0.4, 0.5) is 5.69 Å². The minimum Gasteiger partial charge on any atom is -0.381 e. The second-order valence-corrected chi connectivity index (χ2v) is 6.88. The second-order valence-electron chi connectivity index (χ2n) is 6.88. The maximum Gasteiger partial charge on any atom is 0.261 e. The molecule has 24 heavy (non-hydrogen) atoms. The normalized spacial score (nSPS) is 26.1. The minimum absolute atomic E-state index is 0.451. The molecule has 2 aliphatic heterocycles. The smallest absolute Gasteiger partial charge is 0.261 e. The molecule has 0 saturated carbocycles. The fraction of sp³-hybridized carbons (Fsp3) is 0.471. The zero-order valence-corrected chi connectivity index (χ0v) is 13.5. The molecular weight excluding hydrogens is 304 g/mol. The number of H-pyrrole nitrogens is 1. The molecule has 7 nitrogen and oxygen atoms in total. The maximum atomic E-state index is 5.40. The van der Waals surface area contributed by atoms with Crippen molar-refractivity contribution in [2.24, 2.45) is 0 Å². The summed E-state index contributed by atoms with van der Waals surface area (Å²) in [5, 5.41) is 12.4. The molecule has 0 spiro atoms. The first-order valence-electron chi connectivity index (χ1n) is 8.55. The number of rotatable bonds is 3. The lowest BCUT2D eigenvalue weighted by molar-refractivity contribution is 0.378. The van der Waals surface area contributed by atoms with E-state index in [1.165, 1.54) is 12.8 Å². The molecule has 3 aromatic heterocycles. The predicted octanol–water partition coefficient (Wildman–Crippen LogP) is 2.62. The van der Waals surface area contributed by atoms with Gasteiger partial charge in [-0.2, -0.15) is 4.98 Å². The Balaban J connectivity index is 1.56. The topological polar surface area (TPSA) is 91.7 Å². The van der Waals surface area contributed by atoms with Gasteiger partial charge in [-0.1, -0.05) is 5.16 Å². The van der Waals surface area contributed by atoms with Gasteiger partial charge in [-0.3, -0.25) is 0 Å². The Morgan fingerprint density at radius 3 is 2.83 bits per heavy atom. The molecule has 0 aromatic carbocycles. The van der Waals surface area contributed by atoms with Crippen LogP contribution in [-0.4, -0.2) is 38.2 Å². The first kappa shape index (κ1) is 14.0. The molecule has 3 atom stereocenters. The Bertz CT molecular complexity index is 872. The van der Waals surface area contributed by atoms with Crippen LogP contribution in [0.1, 0.15) is 31.5 Å². The first-order chi connectivity index (χ1) is 11.8. The predicted molar refractivity (Wildman–Crippen MR) is 90.7 cm³/mol. The molecule has 2 saturated heterocycles. The van der Waals surface area contributed by atoms with Crippen LogP contribution in [0.2, 0.25) is 0 Å². The highest BCUT2D eigenvalue weighted by molar-refractivity contribution is 5.97. The zero-order valence-electron chi connectivity index (χ0n) is 13.5. The Morgan fingerprint density at radius 2 is 2.08 bits per heavy atom. The van der Waals surface area contributed by atoms with E-state index >= 15 is 0 Å². The van der Waals surface area contributed by atoms with Crippen LogP contribution in [0.5, 0.6) is 0 Å². The van der Waals surface area contributed by atoms with E-state index in [1.807, 2.05) is 25.4 Å².